The minimum absolute atomic E-state index is 0.141. The number of carbonyl (C=O) groups is 1. The summed E-state index contributed by atoms with van der Waals surface area (Å²) >= 11 is 0. The Bertz CT molecular complexity index is 759. The molecule has 1 aliphatic heterocycles. The van der Waals surface area contributed by atoms with E-state index in [2.05, 4.69) is 43.3 Å². The highest BCUT2D eigenvalue weighted by molar-refractivity contribution is 5.93. The third kappa shape index (κ3) is 4.14. The zero-order valence-corrected chi connectivity index (χ0v) is 15.1. The van der Waals surface area contributed by atoms with Crippen LogP contribution in [0.15, 0.2) is 30.3 Å². The van der Waals surface area contributed by atoms with Gasteiger partial charge in [-0.1, -0.05) is 18.2 Å². The van der Waals surface area contributed by atoms with Crippen LogP contribution < -0.4 is 10.2 Å². The van der Waals surface area contributed by atoms with Gasteiger partial charge in [0.1, 0.15) is 17.3 Å². The SMILES string of the molecule is Cc1nc(C(=O)NCCCN(C)C)cc(N2CCc3ccccc32)n1. The second kappa shape index (κ2) is 7.61. The number of benzene rings is 1. The summed E-state index contributed by atoms with van der Waals surface area (Å²) in [4.78, 5) is 25.5. The molecule has 0 bridgehead atoms. The first-order chi connectivity index (χ1) is 12.0. The standard InChI is InChI=1S/C19H25N5O/c1-14-21-16(19(25)20-10-6-11-23(2)3)13-18(22-14)24-12-9-15-7-4-5-8-17(15)24/h4-5,7-8,13H,6,9-12H2,1-3H3,(H,20,25). The Hall–Kier alpha value is -2.47. The number of nitrogens with one attached hydrogen (secondary N) is 1. The lowest BCUT2D eigenvalue weighted by molar-refractivity contribution is 0.0947. The maximum absolute atomic E-state index is 12.4. The quantitative estimate of drug-likeness (QED) is 0.817. The summed E-state index contributed by atoms with van der Waals surface area (Å²) in [6.07, 6.45) is 1.90. The van der Waals surface area contributed by atoms with E-state index in [1.54, 1.807) is 6.07 Å². The molecule has 132 valence electrons. The first-order valence-corrected chi connectivity index (χ1v) is 8.68. The second-order valence-electron chi connectivity index (χ2n) is 6.60. The predicted molar refractivity (Wildman–Crippen MR) is 99.4 cm³/mol. The van der Waals surface area contributed by atoms with Gasteiger partial charge in [-0.25, -0.2) is 9.97 Å². The van der Waals surface area contributed by atoms with Crippen molar-refractivity contribution in [2.75, 3.05) is 38.6 Å². The molecule has 0 spiro atoms. The lowest BCUT2D eigenvalue weighted by Crippen LogP contribution is -2.28. The van der Waals surface area contributed by atoms with Crippen molar-refractivity contribution in [1.82, 2.24) is 20.2 Å². The van der Waals surface area contributed by atoms with Crippen molar-refractivity contribution >= 4 is 17.4 Å². The Morgan fingerprint density at radius 1 is 1.28 bits per heavy atom. The van der Waals surface area contributed by atoms with Gasteiger partial charge in [-0.05, 0) is 52.0 Å². The Balaban J connectivity index is 1.74. The number of nitrogens with zero attached hydrogens (tertiary/aromatic N) is 4. The third-order valence-corrected chi connectivity index (χ3v) is 4.29. The van der Waals surface area contributed by atoms with E-state index in [4.69, 9.17) is 0 Å². The van der Waals surface area contributed by atoms with Gasteiger partial charge in [0, 0.05) is 24.8 Å². The van der Waals surface area contributed by atoms with Crippen LogP contribution in [0.1, 0.15) is 28.3 Å². The highest BCUT2D eigenvalue weighted by atomic mass is 16.1. The number of hydrogen-bond acceptors (Lipinski definition) is 5. The number of carbonyl (C=O) groups excluding carboxylic acids is 1. The van der Waals surface area contributed by atoms with Crippen molar-refractivity contribution in [2.45, 2.75) is 19.8 Å². The van der Waals surface area contributed by atoms with Crippen LogP contribution in [-0.2, 0) is 6.42 Å². The van der Waals surface area contributed by atoms with Gasteiger partial charge in [-0.15, -0.1) is 0 Å². The number of rotatable bonds is 6. The highest BCUT2D eigenvalue weighted by Crippen LogP contribution is 2.33. The van der Waals surface area contributed by atoms with Gasteiger partial charge in [0.2, 0.25) is 0 Å². The van der Waals surface area contributed by atoms with Crippen LogP contribution in [0, 0.1) is 6.92 Å². The maximum Gasteiger partial charge on any atom is 0.270 e. The van der Waals surface area contributed by atoms with Crippen LogP contribution in [0.2, 0.25) is 0 Å². The van der Waals surface area contributed by atoms with E-state index in [9.17, 15) is 4.79 Å². The molecule has 0 saturated heterocycles. The minimum atomic E-state index is -0.141. The summed E-state index contributed by atoms with van der Waals surface area (Å²) in [5.41, 5.74) is 2.91. The van der Waals surface area contributed by atoms with Crippen LogP contribution in [0.25, 0.3) is 0 Å². The molecule has 3 rings (SSSR count). The van der Waals surface area contributed by atoms with Crippen molar-refractivity contribution in [2.24, 2.45) is 0 Å². The fourth-order valence-electron chi connectivity index (χ4n) is 3.07. The van der Waals surface area contributed by atoms with Gasteiger partial charge in [-0.3, -0.25) is 4.79 Å². The first kappa shape index (κ1) is 17.4. The van der Waals surface area contributed by atoms with E-state index in [1.807, 2.05) is 27.1 Å². The maximum atomic E-state index is 12.4. The predicted octanol–water partition coefficient (Wildman–Crippen LogP) is 2.16. The minimum Gasteiger partial charge on any atom is -0.351 e. The number of aryl methyl sites for hydroxylation is 1. The van der Waals surface area contributed by atoms with Crippen LogP contribution in [0.5, 0.6) is 0 Å². The first-order valence-electron chi connectivity index (χ1n) is 8.68. The Kier molecular flexibility index (Phi) is 5.28. The molecule has 0 atom stereocenters. The number of aromatic nitrogens is 2. The van der Waals surface area contributed by atoms with E-state index < -0.39 is 0 Å². The number of fused-ring (bicyclic) bond motifs is 1. The average Bonchev–Trinajstić information content (AvgIpc) is 3.02. The van der Waals surface area contributed by atoms with Gasteiger partial charge in [-0.2, -0.15) is 0 Å². The molecule has 0 saturated carbocycles. The van der Waals surface area contributed by atoms with Crippen molar-refractivity contribution in [3.8, 4) is 0 Å². The molecular formula is C19H25N5O. The Morgan fingerprint density at radius 3 is 2.88 bits per heavy atom. The molecule has 0 radical (unpaired) electrons. The third-order valence-electron chi connectivity index (χ3n) is 4.29. The number of amides is 1. The van der Waals surface area contributed by atoms with Gasteiger partial charge in [0.15, 0.2) is 0 Å². The molecule has 1 aliphatic rings. The van der Waals surface area contributed by atoms with E-state index in [1.165, 1.54) is 5.56 Å². The van der Waals surface area contributed by atoms with Crippen molar-refractivity contribution in [3.63, 3.8) is 0 Å². The smallest absolute Gasteiger partial charge is 0.270 e. The molecule has 0 unspecified atom stereocenters. The van der Waals surface area contributed by atoms with Crippen molar-refractivity contribution in [3.05, 3.63) is 47.4 Å². The molecule has 1 N–H and O–H groups in total. The molecule has 2 heterocycles. The largest absolute Gasteiger partial charge is 0.351 e. The summed E-state index contributed by atoms with van der Waals surface area (Å²) in [5, 5.41) is 2.94. The highest BCUT2D eigenvalue weighted by Gasteiger charge is 2.22. The van der Waals surface area contributed by atoms with E-state index in [0.717, 1.165) is 37.4 Å². The van der Waals surface area contributed by atoms with Crippen molar-refractivity contribution in [1.29, 1.82) is 0 Å². The molecule has 6 heteroatoms. The van der Waals surface area contributed by atoms with Gasteiger partial charge >= 0.3 is 0 Å². The monoisotopic (exact) mass is 339 g/mol. The van der Waals surface area contributed by atoms with Crippen LogP contribution in [0.4, 0.5) is 11.5 Å². The number of hydrogen-bond donors (Lipinski definition) is 1. The van der Waals surface area contributed by atoms with E-state index in [-0.39, 0.29) is 5.91 Å². The van der Waals surface area contributed by atoms with Gasteiger partial charge in [0.05, 0.1) is 0 Å². The molecule has 25 heavy (non-hydrogen) atoms. The van der Waals surface area contributed by atoms with Gasteiger partial charge < -0.3 is 15.1 Å². The van der Waals surface area contributed by atoms with Crippen LogP contribution in [0.3, 0.4) is 0 Å². The summed E-state index contributed by atoms with van der Waals surface area (Å²) in [7, 11) is 4.05. The molecule has 6 nitrogen and oxygen atoms in total. The van der Waals surface area contributed by atoms with Crippen LogP contribution in [-0.4, -0.2) is 54.5 Å². The molecule has 0 fully saturated rings. The van der Waals surface area contributed by atoms with E-state index >= 15 is 0 Å². The zero-order chi connectivity index (χ0) is 17.8. The fraction of sp³-hybridized carbons (Fsp3) is 0.421. The van der Waals surface area contributed by atoms with Gasteiger partial charge in [0.25, 0.3) is 5.91 Å². The normalized spacial score (nSPS) is 13.2. The Labute approximate surface area is 148 Å². The van der Waals surface area contributed by atoms with E-state index in [0.29, 0.717) is 18.1 Å². The molecular weight excluding hydrogens is 314 g/mol. The molecule has 1 aromatic heterocycles. The lowest BCUT2D eigenvalue weighted by atomic mass is 10.2. The number of anilines is 2. The number of para-hydroxylation sites is 1. The van der Waals surface area contributed by atoms with Crippen LogP contribution >= 0.6 is 0 Å². The summed E-state index contributed by atoms with van der Waals surface area (Å²) in [6.45, 7) is 4.29. The fourth-order valence-corrected chi connectivity index (χ4v) is 3.07. The molecule has 1 aromatic carbocycles. The lowest BCUT2D eigenvalue weighted by Gasteiger charge is -2.19. The average molecular weight is 339 g/mol. The topological polar surface area (TPSA) is 61.4 Å². The Morgan fingerprint density at radius 2 is 2.08 bits per heavy atom. The summed E-state index contributed by atoms with van der Waals surface area (Å²) in [5.74, 6) is 1.26. The zero-order valence-electron chi connectivity index (χ0n) is 15.1. The second-order valence-corrected chi connectivity index (χ2v) is 6.60. The summed E-state index contributed by atoms with van der Waals surface area (Å²) in [6, 6.07) is 10.1. The van der Waals surface area contributed by atoms with Crippen molar-refractivity contribution < 1.29 is 4.79 Å². The molecule has 2 aromatic rings. The molecule has 0 aliphatic carbocycles. The molecule has 1 amide bonds. The summed E-state index contributed by atoms with van der Waals surface area (Å²) < 4.78 is 0.